The quantitative estimate of drug-likeness (QED) is 0.508. The smallest absolute Gasteiger partial charge is 0.239 e. The summed E-state index contributed by atoms with van der Waals surface area (Å²) in [5.41, 5.74) is 7.14. The molecule has 3 aromatic rings. The number of hydrogen-bond donors (Lipinski definition) is 1. The maximum Gasteiger partial charge on any atom is 0.239 e. The minimum absolute atomic E-state index is 0.564. The standard InChI is InChI=1S/C17H18N2O2/c1-8-7-13-15(16-14(8)9(2)10(3)20-16)11-5-4-6-12(11)17(19-18)21-13/h7H,4-6,18H2,1-3H3. The van der Waals surface area contributed by atoms with Gasteiger partial charge in [-0.05, 0) is 62.8 Å². The first-order valence-electron chi connectivity index (χ1n) is 7.33. The van der Waals surface area contributed by atoms with Crippen molar-refractivity contribution in [2.24, 2.45) is 10.9 Å². The second kappa shape index (κ2) is 4.13. The number of hydrogen-bond acceptors (Lipinski definition) is 4. The van der Waals surface area contributed by atoms with Crippen LogP contribution in [-0.2, 0) is 12.8 Å². The predicted octanol–water partition coefficient (Wildman–Crippen LogP) is 3.37. The summed E-state index contributed by atoms with van der Waals surface area (Å²) < 4.78 is 12.0. The van der Waals surface area contributed by atoms with Gasteiger partial charge in [-0.1, -0.05) is 0 Å². The Morgan fingerprint density at radius 3 is 2.57 bits per heavy atom. The number of benzene rings is 1. The van der Waals surface area contributed by atoms with Crippen molar-refractivity contribution in [2.75, 3.05) is 0 Å². The van der Waals surface area contributed by atoms with Crippen LogP contribution in [-0.4, -0.2) is 0 Å². The summed E-state index contributed by atoms with van der Waals surface area (Å²) in [5.74, 6) is 6.47. The van der Waals surface area contributed by atoms with Crippen molar-refractivity contribution in [3.8, 4) is 0 Å². The highest BCUT2D eigenvalue weighted by Gasteiger charge is 2.23. The van der Waals surface area contributed by atoms with Gasteiger partial charge in [0.15, 0.2) is 0 Å². The second-order valence-corrected chi connectivity index (χ2v) is 5.90. The maximum atomic E-state index is 6.07. The van der Waals surface area contributed by atoms with Crippen molar-refractivity contribution in [3.05, 3.63) is 39.6 Å². The molecule has 0 radical (unpaired) electrons. The third-order valence-corrected chi connectivity index (χ3v) is 4.70. The van der Waals surface area contributed by atoms with Gasteiger partial charge in [0, 0.05) is 10.9 Å². The molecule has 4 rings (SSSR count). The molecule has 2 N–H and O–H groups in total. The van der Waals surface area contributed by atoms with Gasteiger partial charge in [0.2, 0.25) is 5.55 Å². The number of nitrogens with two attached hydrogens (primary N) is 1. The van der Waals surface area contributed by atoms with Gasteiger partial charge in [0.05, 0.1) is 5.39 Å². The van der Waals surface area contributed by atoms with E-state index in [0.29, 0.717) is 5.55 Å². The minimum atomic E-state index is 0.564. The number of fused-ring (bicyclic) bond motifs is 5. The van der Waals surface area contributed by atoms with Crippen molar-refractivity contribution in [2.45, 2.75) is 40.0 Å². The van der Waals surface area contributed by atoms with Gasteiger partial charge < -0.3 is 14.7 Å². The van der Waals surface area contributed by atoms with E-state index in [4.69, 9.17) is 14.7 Å². The molecule has 1 aliphatic carbocycles. The number of nitrogens with zero attached hydrogens (tertiary/aromatic N) is 1. The topological polar surface area (TPSA) is 64.7 Å². The highest BCUT2D eigenvalue weighted by Crippen LogP contribution is 2.38. The average molecular weight is 282 g/mol. The lowest BCUT2D eigenvalue weighted by Gasteiger charge is -2.08. The molecule has 21 heavy (non-hydrogen) atoms. The summed E-state index contributed by atoms with van der Waals surface area (Å²) >= 11 is 0. The van der Waals surface area contributed by atoms with Gasteiger partial charge in [-0.2, -0.15) is 0 Å². The number of aryl methyl sites for hydroxylation is 4. The molecular formula is C17H18N2O2. The molecule has 2 aromatic heterocycles. The van der Waals surface area contributed by atoms with E-state index in [0.717, 1.165) is 52.7 Å². The van der Waals surface area contributed by atoms with Crippen LogP contribution in [0.4, 0.5) is 0 Å². The lowest BCUT2D eigenvalue weighted by Crippen LogP contribution is -2.12. The lowest BCUT2D eigenvalue weighted by atomic mass is 10.00. The van der Waals surface area contributed by atoms with E-state index in [9.17, 15) is 0 Å². The number of rotatable bonds is 0. The Labute approximate surface area is 122 Å². The molecule has 0 atom stereocenters. The SMILES string of the molecule is Cc1oc2c(c(C)cc3oc(=NN)c4c(c32)CCC4)c1C. The normalized spacial score (nSPS) is 15.3. The average Bonchev–Trinajstić information content (AvgIpc) is 3.04. The molecule has 0 aliphatic heterocycles. The Morgan fingerprint density at radius 1 is 1.05 bits per heavy atom. The van der Waals surface area contributed by atoms with Gasteiger partial charge in [-0.25, -0.2) is 0 Å². The maximum absolute atomic E-state index is 6.07. The zero-order valence-electron chi connectivity index (χ0n) is 12.5. The first-order valence-corrected chi connectivity index (χ1v) is 7.33. The molecule has 0 bridgehead atoms. The van der Waals surface area contributed by atoms with Crippen LogP contribution >= 0.6 is 0 Å². The molecule has 4 heteroatoms. The van der Waals surface area contributed by atoms with Gasteiger partial charge in [-0.15, -0.1) is 5.10 Å². The Morgan fingerprint density at radius 2 is 1.81 bits per heavy atom. The van der Waals surface area contributed by atoms with Crippen LogP contribution in [0.15, 0.2) is 20.0 Å². The summed E-state index contributed by atoms with van der Waals surface area (Å²) in [5, 5.41) is 6.14. The number of furan rings is 1. The Bertz CT molecular complexity index is 961. The molecule has 0 spiro atoms. The molecule has 1 aliphatic rings. The molecular weight excluding hydrogens is 264 g/mol. The first-order chi connectivity index (χ1) is 10.1. The van der Waals surface area contributed by atoms with Crippen LogP contribution in [0.2, 0.25) is 0 Å². The van der Waals surface area contributed by atoms with Crippen molar-refractivity contribution in [1.29, 1.82) is 0 Å². The first kappa shape index (κ1) is 12.5. The van der Waals surface area contributed by atoms with Crippen LogP contribution in [0.1, 0.15) is 34.4 Å². The summed E-state index contributed by atoms with van der Waals surface area (Å²) in [7, 11) is 0. The molecule has 108 valence electrons. The molecule has 0 saturated carbocycles. The van der Waals surface area contributed by atoms with E-state index < -0.39 is 0 Å². The van der Waals surface area contributed by atoms with Gasteiger partial charge >= 0.3 is 0 Å². The summed E-state index contributed by atoms with van der Waals surface area (Å²) in [6.45, 7) is 6.22. The van der Waals surface area contributed by atoms with Crippen molar-refractivity contribution in [1.82, 2.24) is 0 Å². The van der Waals surface area contributed by atoms with Crippen LogP contribution in [0, 0.1) is 20.8 Å². The van der Waals surface area contributed by atoms with Crippen LogP contribution in [0.5, 0.6) is 0 Å². The molecule has 0 unspecified atom stereocenters. The largest absolute Gasteiger partial charge is 0.460 e. The van der Waals surface area contributed by atoms with Crippen molar-refractivity contribution < 1.29 is 8.83 Å². The summed E-state index contributed by atoms with van der Waals surface area (Å²) in [4.78, 5) is 0. The molecule has 0 saturated heterocycles. The zero-order chi connectivity index (χ0) is 14.7. The van der Waals surface area contributed by atoms with Gasteiger partial charge in [-0.3, -0.25) is 0 Å². The monoisotopic (exact) mass is 282 g/mol. The molecule has 1 aromatic carbocycles. The molecule has 2 heterocycles. The van der Waals surface area contributed by atoms with Crippen molar-refractivity contribution >= 4 is 21.9 Å². The predicted molar refractivity (Wildman–Crippen MR) is 82.0 cm³/mol. The fourth-order valence-electron chi connectivity index (χ4n) is 3.62. The minimum Gasteiger partial charge on any atom is -0.460 e. The second-order valence-electron chi connectivity index (χ2n) is 5.90. The van der Waals surface area contributed by atoms with E-state index in [1.54, 1.807) is 0 Å². The Kier molecular flexibility index (Phi) is 2.46. The molecule has 4 nitrogen and oxygen atoms in total. The van der Waals surface area contributed by atoms with Crippen LogP contribution < -0.4 is 11.4 Å². The van der Waals surface area contributed by atoms with E-state index >= 15 is 0 Å². The summed E-state index contributed by atoms with van der Waals surface area (Å²) in [6.07, 6.45) is 3.11. The van der Waals surface area contributed by atoms with Crippen LogP contribution in [0.3, 0.4) is 0 Å². The van der Waals surface area contributed by atoms with Crippen LogP contribution in [0.25, 0.3) is 21.9 Å². The van der Waals surface area contributed by atoms with E-state index in [-0.39, 0.29) is 0 Å². The van der Waals surface area contributed by atoms with E-state index in [1.807, 2.05) is 6.92 Å². The van der Waals surface area contributed by atoms with Gasteiger partial charge in [0.25, 0.3) is 0 Å². The highest BCUT2D eigenvalue weighted by atomic mass is 16.3. The van der Waals surface area contributed by atoms with E-state index in [2.05, 4.69) is 25.0 Å². The van der Waals surface area contributed by atoms with E-state index in [1.165, 1.54) is 16.5 Å². The molecule has 0 fully saturated rings. The Hall–Kier alpha value is -2.23. The fourth-order valence-corrected chi connectivity index (χ4v) is 3.62. The third kappa shape index (κ3) is 1.53. The molecule has 0 amide bonds. The Balaban J connectivity index is 2.32. The third-order valence-electron chi connectivity index (χ3n) is 4.70. The van der Waals surface area contributed by atoms with Gasteiger partial charge in [0.1, 0.15) is 16.9 Å². The lowest BCUT2D eigenvalue weighted by molar-refractivity contribution is 0.526. The highest BCUT2D eigenvalue weighted by molar-refractivity contribution is 6.07. The zero-order valence-corrected chi connectivity index (χ0v) is 12.5. The summed E-state index contributed by atoms with van der Waals surface area (Å²) in [6, 6.07) is 2.08. The van der Waals surface area contributed by atoms with Crippen molar-refractivity contribution in [3.63, 3.8) is 0 Å². The fraction of sp³-hybridized carbons (Fsp3) is 0.353.